The number of likely N-dealkylation sites (N-methyl/N-ethyl adjacent to an activating group) is 1. The third-order valence-corrected chi connectivity index (χ3v) is 4.14. The van der Waals surface area contributed by atoms with E-state index >= 15 is 0 Å². The summed E-state index contributed by atoms with van der Waals surface area (Å²) in [6, 6.07) is 0.0214. The van der Waals surface area contributed by atoms with Gasteiger partial charge in [-0.15, -0.1) is 0 Å². The molecular formula is C18H38N2O. The molecule has 0 rings (SSSR count). The van der Waals surface area contributed by atoms with Gasteiger partial charge in [-0.05, 0) is 26.9 Å². The molecule has 21 heavy (non-hydrogen) atoms. The molecule has 0 aliphatic rings. The number of hydrogen-bond donors (Lipinski definition) is 1. The van der Waals surface area contributed by atoms with Gasteiger partial charge >= 0.3 is 0 Å². The van der Waals surface area contributed by atoms with Gasteiger partial charge in [0.1, 0.15) is 0 Å². The van der Waals surface area contributed by atoms with Gasteiger partial charge in [0.25, 0.3) is 0 Å². The van der Waals surface area contributed by atoms with Gasteiger partial charge in [0.15, 0.2) is 0 Å². The Kier molecular flexibility index (Phi) is 14.0. The lowest BCUT2D eigenvalue weighted by Crippen LogP contribution is -2.43. The molecule has 3 nitrogen and oxygen atoms in total. The van der Waals surface area contributed by atoms with Crippen LogP contribution in [0.3, 0.4) is 0 Å². The zero-order valence-electron chi connectivity index (χ0n) is 14.9. The van der Waals surface area contributed by atoms with Crippen molar-refractivity contribution in [2.75, 3.05) is 20.6 Å². The van der Waals surface area contributed by atoms with Gasteiger partial charge in [-0.25, -0.2) is 0 Å². The molecule has 1 atom stereocenters. The highest BCUT2D eigenvalue weighted by Gasteiger charge is 2.17. The predicted octanol–water partition coefficient (Wildman–Crippen LogP) is 4.36. The topological polar surface area (TPSA) is 32.3 Å². The molecule has 0 saturated carbocycles. The van der Waals surface area contributed by atoms with Crippen molar-refractivity contribution in [3.8, 4) is 0 Å². The highest BCUT2D eigenvalue weighted by molar-refractivity contribution is 5.81. The van der Waals surface area contributed by atoms with Crippen molar-refractivity contribution < 1.29 is 4.79 Å². The average Bonchev–Trinajstić information content (AvgIpc) is 2.45. The SMILES string of the molecule is CCCCCCCCCCCCNC(=O)C(CC)N(C)C. The molecule has 126 valence electrons. The maximum Gasteiger partial charge on any atom is 0.237 e. The fraction of sp³-hybridized carbons (Fsp3) is 0.944. The second-order valence-corrected chi connectivity index (χ2v) is 6.36. The lowest BCUT2D eigenvalue weighted by molar-refractivity contribution is -0.125. The number of carbonyl (C=O) groups excluding carboxylic acids is 1. The molecule has 0 radical (unpaired) electrons. The summed E-state index contributed by atoms with van der Waals surface area (Å²) >= 11 is 0. The van der Waals surface area contributed by atoms with Crippen molar-refractivity contribution in [1.29, 1.82) is 0 Å². The van der Waals surface area contributed by atoms with E-state index in [0.29, 0.717) is 0 Å². The summed E-state index contributed by atoms with van der Waals surface area (Å²) in [5, 5.41) is 3.06. The predicted molar refractivity (Wildman–Crippen MR) is 92.6 cm³/mol. The van der Waals surface area contributed by atoms with Crippen LogP contribution in [0.4, 0.5) is 0 Å². The van der Waals surface area contributed by atoms with Crippen molar-refractivity contribution in [2.45, 2.75) is 90.5 Å². The van der Waals surface area contributed by atoms with Crippen LogP contribution in [0.5, 0.6) is 0 Å². The Balaban J connectivity index is 3.34. The molecule has 0 aliphatic carbocycles. The summed E-state index contributed by atoms with van der Waals surface area (Å²) in [5.41, 5.74) is 0. The molecule has 1 amide bonds. The number of unbranched alkanes of at least 4 members (excludes halogenated alkanes) is 9. The molecule has 1 N–H and O–H groups in total. The lowest BCUT2D eigenvalue weighted by Gasteiger charge is -2.21. The summed E-state index contributed by atoms with van der Waals surface area (Å²) in [5.74, 6) is 0.179. The van der Waals surface area contributed by atoms with E-state index in [1.54, 1.807) is 0 Å². The monoisotopic (exact) mass is 298 g/mol. The van der Waals surface area contributed by atoms with Gasteiger partial charge in [0.05, 0.1) is 6.04 Å². The zero-order valence-corrected chi connectivity index (χ0v) is 14.9. The molecule has 0 aromatic heterocycles. The van der Waals surface area contributed by atoms with E-state index in [1.807, 2.05) is 19.0 Å². The standard InChI is InChI=1S/C18H38N2O/c1-5-7-8-9-10-11-12-13-14-15-16-19-18(21)17(6-2)20(3)4/h17H,5-16H2,1-4H3,(H,19,21). The molecular weight excluding hydrogens is 260 g/mol. The van der Waals surface area contributed by atoms with Crippen LogP contribution in [0.1, 0.15) is 84.5 Å². The van der Waals surface area contributed by atoms with E-state index in [4.69, 9.17) is 0 Å². The Morgan fingerprint density at radius 2 is 1.33 bits per heavy atom. The molecule has 0 heterocycles. The van der Waals surface area contributed by atoms with Crippen molar-refractivity contribution in [3.05, 3.63) is 0 Å². The number of hydrogen-bond acceptors (Lipinski definition) is 2. The number of rotatable bonds is 14. The van der Waals surface area contributed by atoms with Crippen LogP contribution in [0.15, 0.2) is 0 Å². The van der Waals surface area contributed by atoms with Crippen molar-refractivity contribution in [1.82, 2.24) is 10.2 Å². The fourth-order valence-corrected chi connectivity index (χ4v) is 2.73. The highest BCUT2D eigenvalue weighted by Crippen LogP contribution is 2.10. The number of nitrogens with one attached hydrogen (secondary N) is 1. The van der Waals surface area contributed by atoms with E-state index in [0.717, 1.165) is 19.4 Å². The average molecular weight is 299 g/mol. The Hall–Kier alpha value is -0.570. The van der Waals surface area contributed by atoms with E-state index < -0.39 is 0 Å². The largest absolute Gasteiger partial charge is 0.355 e. The molecule has 3 heteroatoms. The minimum atomic E-state index is 0.0214. The second kappa shape index (κ2) is 14.4. The van der Waals surface area contributed by atoms with Crippen molar-refractivity contribution in [3.63, 3.8) is 0 Å². The number of amides is 1. The Morgan fingerprint density at radius 1 is 0.857 bits per heavy atom. The molecule has 0 spiro atoms. The molecule has 0 aromatic carbocycles. The van der Waals surface area contributed by atoms with Gasteiger partial charge < -0.3 is 5.32 Å². The van der Waals surface area contributed by atoms with Crippen LogP contribution < -0.4 is 5.32 Å². The molecule has 0 aromatic rings. The summed E-state index contributed by atoms with van der Waals surface area (Å²) in [4.78, 5) is 13.9. The van der Waals surface area contributed by atoms with Crippen LogP contribution >= 0.6 is 0 Å². The van der Waals surface area contributed by atoms with Crippen molar-refractivity contribution in [2.24, 2.45) is 0 Å². The van der Waals surface area contributed by atoms with Crippen LogP contribution in [0, 0.1) is 0 Å². The molecule has 0 fully saturated rings. The van der Waals surface area contributed by atoms with Crippen LogP contribution in [-0.4, -0.2) is 37.5 Å². The van der Waals surface area contributed by atoms with Gasteiger partial charge in [0.2, 0.25) is 5.91 Å². The zero-order chi connectivity index (χ0) is 15.9. The highest BCUT2D eigenvalue weighted by atomic mass is 16.2. The Bertz CT molecular complexity index is 241. The second-order valence-electron chi connectivity index (χ2n) is 6.36. The van der Waals surface area contributed by atoms with E-state index in [-0.39, 0.29) is 11.9 Å². The first-order valence-corrected chi connectivity index (χ1v) is 9.07. The number of carbonyl (C=O) groups is 1. The van der Waals surface area contributed by atoms with Crippen LogP contribution in [0.25, 0.3) is 0 Å². The minimum absolute atomic E-state index is 0.0214. The van der Waals surface area contributed by atoms with E-state index in [1.165, 1.54) is 57.8 Å². The molecule has 0 saturated heterocycles. The van der Waals surface area contributed by atoms with Crippen molar-refractivity contribution >= 4 is 5.91 Å². The first-order valence-electron chi connectivity index (χ1n) is 9.07. The summed E-state index contributed by atoms with van der Waals surface area (Å²) in [6.45, 7) is 5.16. The number of nitrogens with zero attached hydrogens (tertiary/aromatic N) is 1. The maximum absolute atomic E-state index is 11.9. The Morgan fingerprint density at radius 3 is 1.76 bits per heavy atom. The summed E-state index contributed by atoms with van der Waals surface area (Å²) < 4.78 is 0. The minimum Gasteiger partial charge on any atom is -0.355 e. The van der Waals surface area contributed by atoms with E-state index in [2.05, 4.69) is 19.2 Å². The summed E-state index contributed by atoms with van der Waals surface area (Å²) in [7, 11) is 3.93. The van der Waals surface area contributed by atoms with Gasteiger partial charge in [-0.3, -0.25) is 9.69 Å². The summed E-state index contributed by atoms with van der Waals surface area (Å²) in [6.07, 6.45) is 14.2. The normalized spacial score (nSPS) is 12.6. The van der Waals surface area contributed by atoms with Crippen LogP contribution in [0.2, 0.25) is 0 Å². The molecule has 0 aliphatic heterocycles. The smallest absolute Gasteiger partial charge is 0.237 e. The Labute approximate surface area is 132 Å². The van der Waals surface area contributed by atoms with Gasteiger partial charge in [0, 0.05) is 6.54 Å². The fourth-order valence-electron chi connectivity index (χ4n) is 2.73. The third kappa shape index (κ3) is 11.7. The maximum atomic E-state index is 11.9. The third-order valence-electron chi connectivity index (χ3n) is 4.14. The quantitative estimate of drug-likeness (QED) is 0.483. The van der Waals surface area contributed by atoms with E-state index in [9.17, 15) is 4.79 Å². The van der Waals surface area contributed by atoms with Crippen LogP contribution in [-0.2, 0) is 4.79 Å². The van der Waals surface area contributed by atoms with Gasteiger partial charge in [-0.1, -0.05) is 71.6 Å². The van der Waals surface area contributed by atoms with Gasteiger partial charge in [-0.2, -0.15) is 0 Å². The lowest BCUT2D eigenvalue weighted by atomic mass is 10.1. The first kappa shape index (κ1) is 20.4. The molecule has 0 bridgehead atoms. The first-order chi connectivity index (χ1) is 10.1. The molecule has 1 unspecified atom stereocenters.